The van der Waals surface area contributed by atoms with Gasteiger partial charge in [0, 0.05) is 70.1 Å². The minimum Gasteiger partial charge on any atom is -0.506 e. The second kappa shape index (κ2) is 13.1. The fraction of sp³-hybridized carbons (Fsp3) is 0.387. The summed E-state index contributed by atoms with van der Waals surface area (Å²) in [6, 6.07) is 4.29. The third-order valence-corrected chi connectivity index (χ3v) is 9.23. The molecule has 0 bridgehead atoms. The maximum atomic E-state index is 15.0. The second-order valence-corrected chi connectivity index (χ2v) is 12.5. The van der Waals surface area contributed by atoms with Crippen LogP contribution in [0.15, 0.2) is 29.2 Å². The van der Waals surface area contributed by atoms with Crippen molar-refractivity contribution in [3.05, 3.63) is 62.1 Å². The predicted octanol–water partition coefficient (Wildman–Crippen LogP) is 3.25. The normalized spacial score (nSPS) is 16.5. The number of piperazine rings is 1. The molecule has 1 saturated heterocycles. The Bertz CT molecular complexity index is 1960. The smallest absolute Gasteiger partial charge is 0.263 e. The van der Waals surface area contributed by atoms with Crippen LogP contribution in [0.25, 0.3) is 22.2 Å². The molecule has 2 aliphatic heterocycles. The highest BCUT2D eigenvalue weighted by atomic mass is 35.5. The molecule has 1 atom stereocenters. The number of carbonyl (C=O) groups is 2. The lowest BCUT2D eigenvalue weighted by atomic mass is 10.0. The molecule has 248 valence electrons. The van der Waals surface area contributed by atoms with Gasteiger partial charge in [0.1, 0.15) is 34.6 Å². The zero-order valence-electron chi connectivity index (χ0n) is 25.7. The van der Waals surface area contributed by atoms with E-state index in [0.717, 1.165) is 26.1 Å². The number of amides is 2. The van der Waals surface area contributed by atoms with E-state index in [4.69, 9.17) is 38.7 Å². The van der Waals surface area contributed by atoms with Gasteiger partial charge >= 0.3 is 0 Å². The number of nitrogens with one attached hydrogen (secondary N) is 1. The van der Waals surface area contributed by atoms with Gasteiger partial charge in [0.25, 0.3) is 11.5 Å². The highest BCUT2D eigenvalue weighted by Crippen LogP contribution is 2.37. The highest BCUT2D eigenvalue weighted by Gasteiger charge is 2.28. The third-order valence-electron chi connectivity index (χ3n) is 8.59. The number of hydrogen-bond donors (Lipinski definition) is 3. The van der Waals surface area contributed by atoms with Crippen molar-refractivity contribution in [2.45, 2.75) is 38.9 Å². The molecule has 4 N–H and O–H groups in total. The molecule has 2 amide bonds. The van der Waals surface area contributed by atoms with E-state index in [1.165, 1.54) is 16.7 Å². The number of aromatic hydroxyl groups is 1. The van der Waals surface area contributed by atoms with E-state index in [1.54, 1.807) is 23.9 Å². The first kappa shape index (κ1) is 32.7. The van der Waals surface area contributed by atoms with E-state index in [0.29, 0.717) is 48.9 Å². The summed E-state index contributed by atoms with van der Waals surface area (Å²) >= 11 is 12.5. The Hall–Kier alpha value is -4.24. The molecule has 6 rings (SSSR count). The van der Waals surface area contributed by atoms with Crippen LogP contribution in [-0.2, 0) is 29.0 Å². The van der Waals surface area contributed by atoms with Gasteiger partial charge in [0.05, 0.1) is 28.3 Å². The number of aromatic nitrogens is 4. The number of methoxy groups -OCH3 is 1. The first-order valence-electron chi connectivity index (χ1n) is 15.1. The zero-order chi connectivity index (χ0) is 33.6. The quantitative estimate of drug-likeness (QED) is 0.225. The Morgan fingerprint density at radius 3 is 2.70 bits per heavy atom. The second-order valence-electron chi connectivity index (χ2n) is 11.7. The Labute approximate surface area is 278 Å². The number of halogens is 3. The number of anilines is 2. The maximum Gasteiger partial charge on any atom is 0.263 e. The molecule has 4 aromatic rings. The maximum absolute atomic E-state index is 15.0. The molecule has 2 aliphatic rings. The van der Waals surface area contributed by atoms with Gasteiger partial charge in [0.15, 0.2) is 0 Å². The van der Waals surface area contributed by atoms with Crippen LogP contribution in [0.4, 0.5) is 15.9 Å². The van der Waals surface area contributed by atoms with E-state index < -0.39 is 23.5 Å². The number of fused-ring (bicyclic) bond motifs is 2. The summed E-state index contributed by atoms with van der Waals surface area (Å²) in [5, 5.41) is 12.7. The Kier molecular flexibility index (Phi) is 9.12. The van der Waals surface area contributed by atoms with Crippen molar-refractivity contribution < 1.29 is 23.8 Å². The minimum absolute atomic E-state index is 0.0114. The van der Waals surface area contributed by atoms with Gasteiger partial charge in [0.2, 0.25) is 11.9 Å². The van der Waals surface area contributed by atoms with Crippen LogP contribution in [0.5, 0.6) is 5.75 Å². The summed E-state index contributed by atoms with van der Waals surface area (Å²) in [4.78, 5) is 52.2. The lowest BCUT2D eigenvalue weighted by Crippen LogP contribution is -2.53. The van der Waals surface area contributed by atoms with Crippen LogP contribution in [-0.4, -0.2) is 86.9 Å². The molecule has 0 saturated carbocycles. The van der Waals surface area contributed by atoms with Gasteiger partial charge in [-0.3, -0.25) is 23.9 Å². The van der Waals surface area contributed by atoms with Crippen molar-refractivity contribution in [1.82, 2.24) is 24.0 Å². The Balaban J connectivity index is 1.33. The average Bonchev–Trinajstić information content (AvgIpc) is 3.65. The van der Waals surface area contributed by atoms with Gasteiger partial charge < -0.3 is 30.4 Å². The summed E-state index contributed by atoms with van der Waals surface area (Å²) < 4.78 is 23.3. The molecular weight excluding hydrogens is 654 g/mol. The molecule has 47 heavy (non-hydrogen) atoms. The van der Waals surface area contributed by atoms with E-state index >= 15 is 4.39 Å². The van der Waals surface area contributed by atoms with Gasteiger partial charge in [-0.25, -0.2) is 9.97 Å². The van der Waals surface area contributed by atoms with Gasteiger partial charge in [-0.05, 0) is 31.0 Å². The number of benzene rings is 1. The Morgan fingerprint density at radius 2 is 1.98 bits per heavy atom. The van der Waals surface area contributed by atoms with Crippen LogP contribution in [0.2, 0.25) is 10.0 Å². The summed E-state index contributed by atoms with van der Waals surface area (Å²) in [7, 11) is 1.66. The van der Waals surface area contributed by atoms with Crippen LogP contribution < -0.4 is 21.5 Å². The number of nitrogens with two attached hydrogens (primary N) is 1. The molecular formula is C31H33Cl2FN8O5. The molecule has 5 heterocycles. The zero-order valence-corrected chi connectivity index (χ0v) is 27.2. The first-order valence-corrected chi connectivity index (χ1v) is 15.8. The number of phenols is 1. The fourth-order valence-electron chi connectivity index (χ4n) is 6.27. The molecule has 0 spiro atoms. The van der Waals surface area contributed by atoms with Crippen molar-refractivity contribution in [1.29, 1.82) is 0 Å². The SMILES string of the molecule is COCCN1CCN(c2cc(NC(=O)Cn3cc(-c4cc(Cl)c(O)c(C(N)=O)c4)c4c(=O)n5c(nc43)CCC5)c(Cl)c(F)n2)[C@@H](C)C1. The molecule has 16 heteroatoms. The largest absolute Gasteiger partial charge is 0.506 e. The van der Waals surface area contributed by atoms with E-state index in [9.17, 15) is 19.5 Å². The van der Waals surface area contributed by atoms with Gasteiger partial charge in [-0.15, -0.1) is 0 Å². The third kappa shape index (κ3) is 6.25. The number of ether oxygens (including phenoxy) is 1. The van der Waals surface area contributed by atoms with Crippen molar-refractivity contribution in [3.63, 3.8) is 0 Å². The number of nitrogens with zero attached hydrogens (tertiary/aromatic N) is 6. The lowest BCUT2D eigenvalue weighted by molar-refractivity contribution is -0.116. The standard InChI is InChI=1S/C31H33Cl2FN8O5/c1-16-13-39(8-9-47-2)6-7-41(16)23-12-21(26(33)28(34)37-23)36-24(43)15-40-14-19(17-10-18(29(35)45)27(44)20(32)11-17)25-30(40)38-22-4-3-5-42(22)31(25)46/h10-12,14,16,44H,3-9,13,15H2,1-2H3,(H2,35,45)(H,36,37,43)/t16-/m0/s1. The van der Waals surface area contributed by atoms with Gasteiger partial charge in [-0.2, -0.15) is 4.39 Å². The highest BCUT2D eigenvalue weighted by molar-refractivity contribution is 6.34. The van der Waals surface area contributed by atoms with Crippen LogP contribution >= 0.6 is 23.2 Å². The van der Waals surface area contributed by atoms with Crippen molar-refractivity contribution in [2.24, 2.45) is 5.73 Å². The lowest BCUT2D eigenvalue weighted by Gasteiger charge is -2.40. The Morgan fingerprint density at radius 1 is 1.19 bits per heavy atom. The number of primary amides is 1. The van der Waals surface area contributed by atoms with Gasteiger partial charge in [-0.1, -0.05) is 23.2 Å². The van der Waals surface area contributed by atoms with Crippen molar-refractivity contribution in [2.75, 3.05) is 50.1 Å². The number of pyridine rings is 1. The molecule has 1 aromatic carbocycles. The number of aryl methyl sites for hydroxylation is 1. The average molecular weight is 688 g/mol. The molecule has 0 radical (unpaired) electrons. The molecule has 13 nitrogen and oxygen atoms in total. The molecule has 0 unspecified atom stereocenters. The van der Waals surface area contributed by atoms with Crippen molar-refractivity contribution >= 4 is 57.6 Å². The fourth-order valence-corrected chi connectivity index (χ4v) is 6.64. The summed E-state index contributed by atoms with van der Waals surface area (Å²) in [5.74, 6) is -1.95. The van der Waals surface area contributed by atoms with E-state index in [-0.39, 0.29) is 50.5 Å². The summed E-state index contributed by atoms with van der Waals surface area (Å²) in [6.07, 6.45) is 2.87. The number of hydrogen-bond acceptors (Lipinski definition) is 9. The molecule has 3 aromatic heterocycles. The van der Waals surface area contributed by atoms with E-state index in [2.05, 4.69) is 15.2 Å². The topological polar surface area (TPSA) is 161 Å². The monoisotopic (exact) mass is 686 g/mol. The van der Waals surface area contributed by atoms with E-state index in [1.807, 2.05) is 11.8 Å². The molecule has 0 aliphatic carbocycles. The van der Waals surface area contributed by atoms with Crippen LogP contribution in [0, 0.1) is 5.95 Å². The van der Waals surface area contributed by atoms with Crippen LogP contribution in [0.3, 0.4) is 0 Å². The minimum atomic E-state index is -0.915. The predicted molar refractivity (Wildman–Crippen MR) is 176 cm³/mol. The first-order chi connectivity index (χ1) is 22.5. The summed E-state index contributed by atoms with van der Waals surface area (Å²) in [5.41, 5.74) is 5.87. The number of carbonyl (C=O) groups excluding carboxylic acids is 2. The summed E-state index contributed by atoms with van der Waals surface area (Å²) in [6.45, 7) is 5.63. The van der Waals surface area contributed by atoms with Crippen molar-refractivity contribution in [3.8, 4) is 16.9 Å². The molecule has 1 fully saturated rings. The van der Waals surface area contributed by atoms with Crippen LogP contribution in [0.1, 0.15) is 29.5 Å². The number of rotatable bonds is 9.